The van der Waals surface area contributed by atoms with Gasteiger partial charge in [0.25, 0.3) is 0 Å². The van der Waals surface area contributed by atoms with Gasteiger partial charge in [-0.25, -0.2) is 0 Å². The minimum absolute atomic E-state index is 0.200. The summed E-state index contributed by atoms with van der Waals surface area (Å²) in [6.45, 7) is 2.10. The van der Waals surface area contributed by atoms with Crippen molar-refractivity contribution < 1.29 is 4.39 Å². The van der Waals surface area contributed by atoms with Gasteiger partial charge in [0.05, 0.1) is 6.67 Å². The largest absolute Gasteiger partial charge is 0.251 e. The molecule has 0 aliphatic heterocycles. The van der Waals surface area contributed by atoms with Crippen molar-refractivity contribution in [3.8, 4) is 0 Å². The lowest BCUT2D eigenvalue weighted by Gasteiger charge is -2.37. The molecule has 0 atom stereocenters. The molecule has 0 heterocycles. The molecule has 2 aliphatic carbocycles. The van der Waals surface area contributed by atoms with Crippen LogP contribution in [0.5, 0.6) is 0 Å². The lowest BCUT2D eigenvalue weighted by molar-refractivity contribution is 0.151. The van der Waals surface area contributed by atoms with E-state index in [0.29, 0.717) is 6.42 Å². The molecule has 0 aromatic carbocycles. The van der Waals surface area contributed by atoms with Crippen LogP contribution in [0.25, 0.3) is 0 Å². The first kappa shape index (κ1) is 22.0. The van der Waals surface area contributed by atoms with Crippen molar-refractivity contribution in [2.45, 2.75) is 116 Å². The van der Waals surface area contributed by atoms with Crippen LogP contribution < -0.4 is 0 Å². The van der Waals surface area contributed by atoms with Crippen LogP contribution in [0.2, 0.25) is 0 Å². The average Bonchev–Trinajstić information content (AvgIpc) is 2.69. The van der Waals surface area contributed by atoms with Gasteiger partial charge in [-0.2, -0.15) is 0 Å². The zero-order chi connectivity index (χ0) is 18.5. The van der Waals surface area contributed by atoms with Crippen molar-refractivity contribution in [1.29, 1.82) is 0 Å². The molecule has 0 unspecified atom stereocenters. The molecule has 2 saturated carbocycles. The molecule has 0 aromatic heterocycles. The van der Waals surface area contributed by atoms with Gasteiger partial charge in [0.2, 0.25) is 0 Å². The maximum Gasteiger partial charge on any atom is 0.0928 e. The maximum atomic E-state index is 12.2. The van der Waals surface area contributed by atoms with Gasteiger partial charge in [-0.15, -0.1) is 0 Å². The lowest BCUT2D eigenvalue weighted by Crippen LogP contribution is -2.25. The molecular weight excluding hydrogens is 319 g/mol. The van der Waals surface area contributed by atoms with Crippen LogP contribution in [0.4, 0.5) is 4.39 Å². The molecule has 0 nitrogen and oxygen atoms in total. The molecule has 2 fully saturated rings. The van der Waals surface area contributed by atoms with Crippen LogP contribution in [0.3, 0.4) is 0 Å². The number of alkyl halides is 1. The van der Waals surface area contributed by atoms with E-state index in [4.69, 9.17) is 0 Å². The summed E-state index contributed by atoms with van der Waals surface area (Å²) in [5, 5.41) is 0. The van der Waals surface area contributed by atoms with Gasteiger partial charge >= 0.3 is 0 Å². The van der Waals surface area contributed by atoms with Gasteiger partial charge in [-0.05, 0) is 68.6 Å². The normalized spacial score (nSPS) is 30.1. The SMILES string of the molecule is CCCCCCCCC[C@H]1CC[C@H](C2CCC(/C=C/CCF)CC2)CC1. The molecule has 0 saturated heterocycles. The minimum atomic E-state index is -0.200. The zero-order valence-corrected chi connectivity index (χ0v) is 17.6. The highest BCUT2D eigenvalue weighted by Gasteiger charge is 2.30. The Kier molecular flexibility index (Phi) is 11.6. The molecule has 2 rings (SSSR count). The summed E-state index contributed by atoms with van der Waals surface area (Å²) in [6, 6.07) is 0. The van der Waals surface area contributed by atoms with Crippen LogP contribution in [-0.4, -0.2) is 6.67 Å². The molecule has 152 valence electrons. The third-order valence-corrected chi connectivity index (χ3v) is 7.27. The van der Waals surface area contributed by atoms with Crippen LogP contribution >= 0.6 is 0 Å². The number of hydrogen-bond acceptors (Lipinski definition) is 0. The number of hydrogen-bond donors (Lipinski definition) is 0. The van der Waals surface area contributed by atoms with E-state index in [-0.39, 0.29) is 6.67 Å². The second kappa shape index (κ2) is 13.8. The first-order valence-electron chi connectivity index (χ1n) is 12.1. The Bertz CT molecular complexity index is 345. The Morgan fingerprint density at radius 1 is 0.731 bits per heavy atom. The van der Waals surface area contributed by atoms with Gasteiger partial charge in [0, 0.05) is 0 Å². The Labute approximate surface area is 163 Å². The van der Waals surface area contributed by atoms with Gasteiger partial charge in [-0.1, -0.05) is 83.3 Å². The van der Waals surface area contributed by atoms with E-state index < -0.39 is 0 Å². The van der Waals surface area contributed by atoms with Gasteiger partial charge in [0.1, 0.15) is 0 Å². The van der Waals surface area contributed by atoms with Gasteiger partial charge in [0.15, 0.2) is 0 Å². The molecule has 0 spiro atoms. The first-order chi connectivity index (χ1) is 12.8. The van der Waals surface area contributed by atoms with E-state index in [1.54, 1.807) is 0 Å². The first-order valence-corrected chi connectivity index (χ1v) is 12.1. The monoisotopic (exact) mass is 364 g/mol. The molecule has 0 aromatic rings. The molecule has 1 heteroatoms. The fourth-order valence-electron chi connectivity index (χ4n) is 5.50. The predicted molar refractivity (Wildman–Crippen MR) is 113 cm³/mol. The van der Waals surface area contributed by atoms with E-state index >= 15 is 0 Å². The van der Waals surface area contributed by atoms with Crippen molar-refractivity contribution in [3.63, 3.8) is 0 Å². The Morgan fingerprint density at radius 3 is 1.92 bits per heavy atom. The summed E-state index contributed by atoms with van der Waals surface area (Å²) in [5.74, 6) is 3.81. The molecule has 0 N–H and O–H groups in total. The summed E-state index contributed by atoms with van der Waals surface area (Å²) < 4.78 is 12.2. The lowest BCUT2D eigenvalue weighted by atomic mass is 9.68. The van der Waals surface area contributed by atoms with Gasteiger partial charge < -0.3 is 0 Å². The summed E-state index contributed by atoms with van der Waals surface area (Å²) in [6.07, 6.45) is 28.2. The van der Waals surface area contributed by atoms with Crippen molar-refractivity contribution in [2.24, 2.45) is 23.7 Å². The molecule has 2 aliphatic rings. The van der Waals surface area contributed by atoms with Crippen LogP contribution in [0.1, 0.15) is 116 Å². The van der Waals surface area contributed by atoms with Crippen LogP contribution in [-0.2, 0) is 0 Å². The number of unbranched alkanes of at least 4 members (excludes halogenated alkanes) is 6. The maximum absolute atomic E-state index is 12.2. The average molecular weight is 365 g/mol. The highest BCUT2D eigenvalue weighted by Crippen LogP contribution is 2.42. The zero-order valence-electron chi connectivity index (χ0n) is 17.6. The quantitative estimate of drug-likeness (QED) is 0.240. The third-order valence-electron chi connectivity index (χ3n) is 7.27. The number of halogens is 1. The van der Waals surface area contributed by atoms with Crippen molar-refractivity contribution >= 4 is 0 Å². The number of rotatable bonds is 12. The smallest absolute Gasteiger partial charge is 0.0928 e. The minimum Gasteiger partial charge on any atom is -0.251 e. The topological polar surface area (TPSA) is 0 Å². The van der Waals surface area contributed by atoms with E-state index in [1.807, 2.05) is 0 Å². The fourth-order valence-corrected chi connectivity index (χ4v) is 5.50. The highest BCUT2D eigenvalue weighted by molar-refractivity contribution is 4.92. The van der Waals surface area contributed by atoms with E-state index in [2.05, 4.69) is 19.1 Å². The summed E-state index contributed by atoms with van der Waals surface area (Å²) in [4.78, 5) is 0. The number of allylic oxidation sites excluding steroid dienone is 2. The standard InChI is InChI=1S/C25H45F/c1-2-3-4-5-6-7-8-11-22-13-17-24(18-14-22)25-19-15-23(16-20-25)12-9-10-21-26/h9,12,22-25H,2-8,10-11,13-21H2,1H3/b12-9+/t22-,23?,24-,25?. The van der Waals surface area contributed by atoms with Crippen molar-refractivity contribution in [1.82, 2.24) is 0 Å². The fraction of sp³-hybridized carbons (Fsp3) is 0.920. The second-order valence-electron chi connectivity index (χ2n) is 9.27. The molecule has 0 radical (unpaired) electrons. The van der Waals surface area contributed by atoms with Gasteiger partial charge in [-0.3, -0.25) is 4.39 Å². The van der Waals surface area contributed by atoms with Crippen LogP contribution in [0, 0.1) is 23.7 Å². The summed E-state index contributed by atoms with van der Waals surface area (Å²) in [5.41, 5.74) is 0. The Balaban J connectivity index is 1.51. The predicted octanol–water partition coefficient (Wildman–Crippen LogP) is 8.66. The molecular formula is C25H45F. The molecule has 0 amide bonds. The van der Waals surface area contributed by atoms with E-state index in [9.17, 15) is 4.39 Å². The van der Waals surface area contributed by atoms with E-state index in [1.165, 1.54) is 103 Å². The van der Waals surface area contributed by atoms with Crippen molar-refractivity contribution in [3.05, 3.63) is 12.2 Å². The van der Waals surface area contributed by atoms with Crippen LogP contribution in [0.15, 0.2) is 12.2 Å². The van der Waals surface area contributed by atoms with Crippen molar-refractivity contribution in [2.75, 3.05) is 6.67 Å². The third kappa shape index (κ3) is 8.57. The second-order valence-corrected chi connectivity index (χ2v) is 9.27. The Morgan fingerprint density at radius 2 is 1.31 bits per heavy atom. The molecule has 0 bridgehead atoms. The highest BCUT2D eigenvalue weighted by atomic mass is 19.1. The Hall–Kier alpha value is -0.330. The van der Waals surface area contributed by atoms with E-state index in [0.717, 1.165) is 23.7 Å². The molecule has 26 heavy (non-hydrogen) atoms. The summed E-state index contributed by atoms with van der Waals surface area (Å²) in [7, 11) is 0. The summed E-state index contributed by atoms with van der Waals surface area (Å²) >= 11 is 0.